The highest BCUT2D eigenvalue weighted by Crippen LogP contribution is 2.28. The van der Waals surface area contributed by atoms with Crippen LogP contribution in [0.3, 0.4) is 0 Å². The largest absolute Gasteiger partial charge is 0.354 e. The molecular weight excluding hydrogens is 370 g/mol. The Morgan fingerprint density at radius 2 is 1.96 bits per heavy atom. The molecule has 1 aliphatic rings. The quantitative estimate of drug-likeness (QED) is 0.691. The fourth-order valence-corrected chi connectivity index (χ4v) is 4.77. The summed E-state index contributed by atoms with van der Waals surface area (Å²) in [6.45, 7) is -0.0343. The van der Waals surface area contributed by atoms with Crippen molar-refractivity contribution in [2.45, 2.75) is 30.9 Å². The van der Waals surface area contributed by atoms with Gasteiger partial charge in [0.2, 0.25) is 15.9 Å². The van der Waals surface area contributed by atoms with E-state index in [2.05, 4.69) is 5.32 Å². The summed E-state index contributed by atoms with van der Waals surface area (Å²) in [5.74, 6) is -1.97. The first kappa shape index (κ1) is 20.0. The molecular formula is C16H22F2N2O3S2. The normalized spacial score (nSPS) is 15.3. The Morgan fingerprint density at radius 3 is 2.56 bits per heavy atom. The molecule has 0 heterocycles. The van der Waals surface area contributed by atoms with E-state index in [-0.39, 0.29) is 5.69 Å². The van der Waals surface area contributed by atoms with E-state index in [9.17, 15) is 22.0 Å². The van der Waals surface area contributed by atoms with E-state index in [1.807, 2.05) is 11.8 Å². The van der Waals surface area contributed by atoms with Crippen LogP contribution in [0.25, 0.3) is 0 Å². The van der Waals surface area contributed by atoms with Crippen LogP contribution in [0.15, 0.2) is 18.2 Å². The fourth-order valence-electron chi connectivity index (χ4n) is 2.70. The van der Waals surface area contributed by atoms with Gasteiger partial charge >= 0.3 is 0 Å². The fraction of sp³-hybridized carbons (Fsp3) is 0.562. The summed E-state index contributed by atoms with van der Waals surface area (Å²) in [4.78, 5) is 12.0. The summed E-state index contributed by atoms with van der Waals surface area (Å²) < 4.78 is 50.9. The molecule has 0 atom stereocenters. The minimum atomic E-state index is -3.81. The maximum atomic E-state index is 13.4. The SMILES string of the molecule is CS(=O)(=O)N(CC(=O)NCCSC1CCCC1)c1ccc(F)c(F)c1. The molecule has 1 fully saturated rings. The van der Waals surface area contributed by atoms with Crippen molar-refractivity contribution in [1.29, 1.82) is 0 Å². The summed E-state index contributed by atoms with van der Waals surface area (Å²) in [5.41, 5.74) is -0.0862. The monoisotopic (exact) mass is 392 g/mol. The number of hydrogen-bond donors (Lipinski definition) is 1. The molecule has 1 aromatic rings. The summed E-state index contributed by atoms with van der Waals surface area (Å²) in [5, 5.41) is 3.32. The standard InChI is InChI=1S/C16H22F2N2O3S2/c1-25(22,23)20(12-6-7-14(17)15(18)10-12)11-16(21)19-8-9-24-13-4-2-3-5-13/h6-7,10,13H,2-5,8-9,11H2,1H3,(H,19,21). The van der Waals surface area contributed by atoms with Gasteiger partial charge in [-0.25, -0.2) is 17.2 Å². The summed E-state index contributed by atoms with van der Waals surface area (Å²) >= 11 is 1.81. The van der Waals surface area contributed by atoms with Crippen LogP contribution >= 0.6 is 11.8 Å². The zero-order chi connectivity index (χ0) is 18.4. The first-order valence-corrected chi connectivity index (χ1v) is 11.0. The van der Waals surface area contributed by atoms with Gasteiger partial charge in [-0.1, -0.05) is 12.8 Å². The summed E-state index contributed by atoms with van der Waals surface area (Å²) in [6, 6.07) is 2.72. The number of thioether (sulfide) groups is 1. The Labute approximate surface area is 151 Å². The number of hydrogen-bond acceptors (Lipinski definition) is 4. The van der Waals surface area contributed by atoms with Crippen molar-refractivity contribution in [3.05, 3.63) is 29.8 Å². The highest BCUT2D eigenvalue weighted by atomic mass is 32.2. The van der Waals surface area contributed by atoms with Gasteiger partial charge in [-0.2, -0.15) is 11.8 Å². The second-order valence-corrected chi connectivity index (χ2v) is 9.31. The van der Waals surface area contributed by atoms with Gasteiger partial charge in [0.15, 0.2) is 11.6 Å². The van der Waals surface area contributed by atoms with Crippen LogP contribution in [0.5, 0.6) is 0 Å². The van der Waals surface area contributed by atoms with Crippen LogP contribution in [0, 0.1) is 11.6 Å². The van der Waals surface area contributed by atoms with Gasteiger partial charge in [0, 0.05) is 23.6 Å². The van der Waals surface area contributed by atoms with Gasteiger partial charge in [0.1, 0.15) is 6.54 Å². The molecule has 5 nitrogen and oxygen atoms in total. The molecule has 1 aromatic carbocycles. The number of nitrogens with one attached hydrogen (secondary N) is 1. The van der Waals surface area contributed by atoms with Crippen molar-refractivity contribution in [3.8, 4) is 0 Å². The molecule has 0 spiro atoms. The maximum absolute atomic E-state index is 13.4. The first-order valence-electron chi connectivity index (χ1n) is 8.08. The Kier molecular flexibility index (Phi) is 7.06. The molecule has 0 aromatic heterocycles. The molecule has 1 N–H and O–H groups in total. The summed E-state index contributed by atoms with van der Waals surface area (Å²) in [6.07, 6.45) is 5.83. The zero-order valence-corrected chi connectivity index (χ0v) is 15.6. The third-order valence-electron chi connectivity index (χ3n) is 3.96. The van der Waals surface area contributed by atoms with Gasteiger partial charge in [0.05, 0.1) is 11.9 Å². The Morgan fingerprint density at radius 1 is 1.28 bits per heavy atom. The van der Waals surface area contributed by atoms with Crippen LogP contribution in [-0.2, 0) is 14.8 Å². The minimum absolute atomic E-state index is 0.0862. The number of amides is 1. The van der Waals surface area contributed by atoms with E-state index < -0.39 is 34.1 Å². The third kappa shape index (κ3) is 6.14. The average molecular weight is 392 g/mol. The van der Waals surface area contributed by atoms with Crippen LogP contribution in [-0.4, -0.2) is 44.7 Å². The molecule has 1 saturated carbocycles. The number of anilines is 1. The van der Waals surface area contributed by atoms with Crippen LogP contribution in [0.1, 0.15) is 25.7 Å². The van der Waals surface area contributed by atoms with Crippen molar-refractivity contribution >= 4 is 33.4 Å². The number of rotatable bonds is 8. The number of carbonyl (C=O) groups excluding carboxylic acids is 1. The van der Waals surface area contributed by atoms with E-state index in [1.54, 1.807) is 0 Å². The molecule has 2 rings (SSSR count). The molecule has 9 heteroatoms. The van der Waals surface area contributed by atoms with Gasteiger partial charge in [-0.05, 0) is 25.0 Å². The molecule has 1 aliphatic carbocycles. The van der Waals surface area contributed by atoms with Gasteiger partial charge in [-0.15, -0.1) is 0 Å². The first-order chi connectivity index (χ1) is 11.8. The average Bonchev–Trinajstić information content (AvgIpc) is 3.04. The second-order valence-electron chi connectivity index (χ2n) is 6.00. The van der Waals surface area contributed by atoms with Crippen LogP contribution in [0.2, 0.25) is 0 Å². The van der Waals surface area contributed by atoms with Crippen molar-refractivity contribution in [1.82, 2.24) is 5.32 Å². The molecule has 0 aliphatic heterocycles. The number of halogens is 2. The lowest BCUT2D eigenvalue weighted by molar-refractivity contribution is -0.119. The lowest BCUT2D eigenvalue weighted by Crippen LogP contribution is -2.41. The van der Waals surface area contributed by atoms with E-state index in [0.29, 0.717) is 11.8 Å². The van der Waals surface area contributed by atoms with Gasteiger partial charge < -0.3 is 5.32 Å². The Hall–Kier alpha value is -1.35. The minimum Gasteiger partial charge on any atom is -0.354 e. The predicted molar refractivity (Wildman–Crippen MR) is 96.3 cm³/mol. The molecule has 0 saturated heterocycles. The Balaban J connectivity index is 1.90. The van der Waals surface area contributed by atoms with E-state index in [0.717, 1.165) is 34.5 Å². The van der Waals surface area contributed by atoms with E-state index in [4.69, 9.17) is 0 Å². The topological polar surface area (TPSA) is 66.5 Å². The molecule has 0 radical (unpaired) electrons. The smallest absolute Gasteiger partial charge is 0.240 e. The lowest BCUT2D eigenvalue weighted by Gasteiger charge is -2.22. The maximum Gasteiger partial charge on any atom is 0.240 e. The second kappa shape index (κ2) is 8.84. The lowest BCUT2D eigenvalue weighted by atomic mass is 10.3. The van der Waals surface area contributed by atoms with Crippen molar-refractivity contribution in [3.63, 3.8) is 0 Å². The number of nitrogens with zero attached hydrogens (tertiary/aromatic N) is 1. The highest BCUT2D eigenvalue weighted by Gasteiger charge is 2.22. The van der Waals surface area contributed by atoms with E-state index in [1.165, 1.54) is 25.7 Å². The zero-order valence-electron chi connectivity index (χ0n) is 14.0. The van der Waals surface area contributed by atoms with Crippen molar-refractivity contribution in [2.75, 3.05) is 29.4 Å². The number of benzene rings is 1. The molecule has 140 valence electrons. The van der Waals surface area contributed by atoms with Crippen LogP contribution in [0.4, 0.5) is 14.5 Å². The van der Waals surface area contributed by atoms with E-state index >= 15 is 0 Å². The van der Waals surface area contributed by atoms with Gasteiger partial charge in [-0.3, -0.25) is 9.10 Å². The highest BCUT2D eigenvalue weighted by molar-refractivity contribution is 7.99. The third-order valence-corrected chi connectivity index (χ3v) is 6.48. The van der Waals surface area contributed by atoms with Crippen molar-refractivity contribution in [2.24, 2.45) is 0 Å². The van der Waals surface area contributed by atoms with Crippen LogP contribution < -0.4 is 9.62 Å². The van der Waals surface area contributed by atoms with Gasteiger partial charge in [0.25, 0.3) is 0 Å². The molecule has 25 heavy (non-hydrogen) atoms. The number of sulfonamides is 1. The molecule has 0 unspecified atom stereocenters. The molecule has 0 bridgehead atoms. The summed E-state index contributed by atoms with van der Waals surface area (Å²) in [7, 11) is -3.81. The van der Waals surface area contributed by atoms with Crippen molar-refractivity contribution < 1.29 is 22.0 Å². The predicted octanol–water partition coefficient (Wildman–Crippen LogP) is 2.52. The number of carbonyl (C=O) groups is 1. The molecule has 1 amide bonds. The Bertz CT molecular complexity index is 707.